The van der Waals surface area contributed by atoms with Crippen LogP contribution < -0.4 is 4.90 Å². The van der Waals surface area contributed by atoms with Crippen LogP contribution >= 0.6 is 0 Å². The van der Waals surface area contributed by atoms with Crippen LogP contribution in [0.15, 0.2) is 140 Å². The topological polar surface area (TPSA) is 32.3 Å². The van der Waals surface area contributed by atoms with Crippen LogP contribution in [0.5, 0.6) is 0 Å². The molecule has 4 nitrogen and oxygen atoms in total. The van der Waals surface area contributed by atoms with Crippen molar-refractivity contribution in [1.82, 2.24) is 14.9 Å². The smallest absolute Gasteiger partial charge is 0.0190 e. The number of benzene rings is 4. The van der Waals surface area contributed by atoms with Crippen LogP contribution in [0.1, 0.15) is 13.0 Å². The molecule has 1 aliphatic heterocycles. The maximum absolute atomic E-state index is 4.45. The van der Waals surface area contributed by atoms with Crippen molar-refractivity contribution in [2.24, 2.45) is 0 Å². The Morgan fingerprint density at radius 1 is 0.674 bits per heavy atom. The fourth-order valence-electron chi connectivity index (χ4n) is 4.19. The molecule has 0 saturated carbocycles. The van der Waals surface area contributed by atoms with Gasteiger partial charge in [0, 0.05) is 32.5 Å². The second kappa shape index (κ2) is 16.8. The third-order valence-corrected chi connectivity index (χ3v) is 6.27. The largest absolute Gasteiger partial charge is 0.510 e. The monoisotopic (exact) mass is 739 g/mol. The van der Waals surface area contributed by atoms with Crippen molar-refractivity contribution in [2.75, 3.05) is 11.9 Å². The summed E-state index contributed by atoms with van der Waals surface area (Å²) in [6.07, 6.45) is 7.72. The van der Waals surface area contributed by atoms with Crippen molar-refractivity contribution in [1.29, 1.82) is 0 Å². The van der Waals surface area contributed by atoms with Gasteiger partial charge in [-0.2, -0.15) is 37.0 Å². The van der Waals surface area contributed by atoms with Gasteiger partial charge >= 0.3 is 0 Å². The molecule has 3 heterocycles. The second-order valence-corrected chi connectivity index (χ2v) is 9.39. The van der Waals surface area contributed by atoms with Gasteiger partial charge in [-0.3, -0.25) is 0 Å². The molecule has 43 heavy (non-hydrogen) atoms. The molecule has 1 radical (unpaired) electrons. The summed E-state index contributed by atoms with van der Waals surface area (Å²) in [4.78, 5) is 12.8. The molecule has 4 aromatic carbocycles. The van der Waals surface area contributed by atoms with E-state index >= 15 is 0 Å². The Balaban J connectivity index is 0.000000175. The van der Waals surface area contributed by atoms with Crippen LogP contribution in [0, 0.1) is 31.8 Å². The van der Waals surface area contributed by atoms with Crippen LogP contribution in [-0.2, 0) is 20.1 Å². The fourth-order valence-corrected chi connectivity index (χ4v) is 4.19. The predicted molar refractivity (Wildman–Crippen MR) is 175 cm³/mol. The number of para-hydroxylation sites is 1. The second-order valence-electron chi connectivity index (χ2n) is 9.39. The summed E-state index contributed by atoms with van der Waals surface area (Å²) in [5.74, 6) is 0. The first-order valence-electron chi connectivity index (χ1n) is 13.4. The standard InChI is InChI=1S/C15H10N.C12H10N.C10H10N2.CH4.Ir/c1-2-7-13(8-3-1)15-14-9-5-4-6-12(14)10-11-16-15;1-10-7-8-12(13-9-10)11-5-3-2-4-6-11;1-11-7-8-12(9-11)10-5-3-2-4-6-10;;/h1-7,9-11H;2-5,7-9H,1H3;2-5,7-9H,1H3;1H4;/q2*-1;-2;;. The molecular weight excluding hydrogens is 705 g/mol. The van der Waals surface area contributed by atoms with Crippen molar-refractivity contribution >= 4 is 16.5 Å². The summed E-state index contributed by atoms with van der Waals surface area (Å²) in [5, 5.41) is 2.39. The zero-order valence-corrected chi connectivity index (χ0v) is 25.9. The third kappa shape index (κ3) is 9.21. The summed E-state index contributed by atoms with van der Waals surface area (Å²) in [7, 11) is 2.00. The van der Waals surface area contributed by atoms with E-state index in [4.69, 9.17) is 0 Å². The molecule has 0 bridgehead atoms. The van der Waals surface area contributed by atoms with E-state index in [2.05, 4.69) is 46.4 Å². The normalized spacial score (nSPS) is 11.3. The quantitative estimate of drug-likeness (QED) is 0.170. The Morgan fingerprint density at radius 2 is 1.35 bits per heavy atom. The average molecular weight is 739 g/mol. The van der Waals surface area contributed by atoms with Gasteiger partial charge in [-0.05, 0) is 60.2 Å². The van der Waals surface area contributed by atoms with Gasteiger partial charge in [0.25, 0.3) is 0 Å². The maximum atomic E-state index is 4.45. The Kier molecular flexibility index (Phi) is 12.8. The minimum Gasteiger partial charge on any atom is -0.510 e. The minimum absolute atomic E-state index is 0. The summed E-state index contributed by atoms with van der Waals surface area (Å²) < 4.78 is 0. The predicted octanol–water partition coefficient (Wildman–Crippen LogP) is 9.02. The van der Waals surface area contributed by atoms with Crippen molar-refractivity contribution in [3.8, 4) is 22.5 Å². The minimum atomic E-state index is 0. The number of hydrogen-bond acceptors (Lipinski definition) is 4. The average Bonchev–Trinajstić information content (AvgIpc) is 3.49. The van der Waals surface area contributed by atoms with E-state index in [0.717, 1.165) is 28.2 Å². The number of anilines is 1. The van der Waals surface area contributed by atoms with Crippen LogP contribution in [0.2, 0.25) is 0 Å². The number of aryl methyl sites for hydroxylation is 1. The van der Waals surface area contributed by atoms with Gasteiger partial charge < -0.3 is 19.8 Å². The molecule has 0 fully saturated rings. The Morgan fingerprint density at radius 3 is 1.95 bits per heavy atom. The summed E-state index contributed by atoms with van der Waals surface area (Å²) in [5.41, 5.74) is 6.31. The molecule has 5 heteroatoms. The van der Waals surface area contributed by atoms with Crippen LogP contribution in [0.25, 0.3) is 33.3 Å². The Hall–Kier alpha value is -4.57. The van der Waals surface area contributed by atoms with Gasteiger partial charge in [-0.15, -0.1) is 77.5 Å². The van der Waals surface area contributed by atoms with E-state index in [1.807, 2.05) is 152 Å². The number of rotatable bonds is 3. The van der Waals surface area contributed by atoms with E-state index in [0.29, 0.717) is 0 Å². The molecule has 0 spiro atoms. The Labute approximate surface area is 269 Å². The molecular formula is C38H34IrN4-4. The first-order chi connectivity index (χ1) is 20.2. The molecule has 0 atom stereocenters. The molecule has 1 aliphatic rings. The van der Waals surface area contributed by atoms with Gasteiger partial charge in [-0.1, -0.05) is 43.8 Å². The van der Waals surface area contributed by atoms with Crippen molar-refractivity contribution in [3.63, 3.8) is 0 Å². The maximum Gasteiger partial charge on any atom is 0.0190 e. The van der Waals surface area contributed by atoms with E-state index < -0.39 is 0 Å². The van der Waals surface area contributed by atoms with Crippen LogP contribution in [0.3, 0.4) is 0 Å². The molecule has 2 aromatic heterocycles. The molecule has 0 aliphatic carbocycles. The summed E-state index contributed by atoms with van der Waals surface area (Å²) >= 11 is 0. The number of pyridine rings is 2. The number of aromatic nitrogens is 2. The van der Waals surface area contributed by atoms with Crippen molar-refractivity contribution in [3.05, 3.63) is 170 Å². The van der Waals surface area contributed by atoms with Crippen LogP contribution in [-0.4, -0.2) is 21.9 Å². The zero-order valence-electron chi connectivity index (χ0n) is 23.5. The van der Waals surface area contributed by atoms with E-state index in [1.54, 1.807) is 0 Å². The van der Waals surface area contributed by atoms with E-state index in [-0.39, 0.29) is 27.5 Å². The number of nitrogens with zero attached hydrogens (tertiary/aromatic N) is 4. The molecule has 6 aromatic rings. The first kappa shape index (κ1) is 32.9. The first-order valence-corrected chi connectivity index (χ1v) is 13.4. The molecule has 0 saturated heterocycles. The van der Waals surface area contributed by atoms with Crippen LogP contribution in [0.4, 0.5) is 5.69 Å². The zero-order chi connectivity index (χ0) is 28.3. The van der Waals surface area contributed by atoms with Gasteiger partial charge in [0.05, 0.1) is 0 Å². The van der Waals surface area contributed by atoms with Crippen molar-refractivity contribution in [2.45, 2.75) is 14.4 Å². The summed E-state index contributed by atoms with van der Waals surface area (Å²) in [6, 6.07) is 47.6. The molecule has 0 N–H and O–H groups in total. The molecule has 219 valence electrons. The number of hydrogen-bond donors (Lipinski definition) is 0. The molecule has 0 amide bonds. The van der Waals surface area contributed by atoms with Gasteiger partial charge in [-0.25, -0.2) is 0 Å². The van der Waals surface area contributed by atoms with Crippen molar-refractivity contribution < 1.29 is 20.1 Å². The number of fused-ring (bicyclic) bond motifs is 1. The Bertz CT molecular complexity index is 1670. The van der Waals surface area contributed by atoms with E-state index in [9.17, 15) is 0 Å². The van der Waals surface area contributed by atoms with Gasteiger partial charge in [0.15, 0.2) is 0 Å². The molecule has 0 unspecified atom stereocenters. The SMILES string of the molecule is C.CN1C=CN(c2[c-]cccc2)[CH-]1.Cc1ccc(-c2[c-]cccc2)nc1.[Ir].[c-]1ccccc1-c1nccc2ccccc12. The van der Waals surface area contributed by atoms with Gasteiger partial charge in [0.2, 0.25) is 0 Å². The van der Waals surface area contributed by atoms with E-state index in [1.165, 1.54) is 16.3 Å². The molecule has 7 rings (SSSR count). The fraction of sp³-hybridized carbons (Fsp3) is 0.0789. The van der Waals surface area contributed by atoms with Gasteiger partial charge in [0.1, 0.15) is 0 Å². The third-order valence-electron chi connectivity index (χ3n) is 6.27. The summed E-state index contributed by atoms with van der Waals surface area (Å²) in [6.45, 7) is 4.04.